The summed E-state index contributed by atoms with van der Waals surface area (Å²) in [6.45, 7) is 1.80. The predicted octanol–water partition coefficient (Wildman–Crippen LogP) is -5.86. The van der Waals surface area contributed by atoms with Gasteiger partial charge in [-0.1, -0.05) is 0 Å². The third-order valence-electron chi connectivity index (χ3n) is 3.43. The number of carbonyl (C=O) groups excluding carboxylic acids is 2. The van der Waals surface area contributed by atoms with Crippen molar-refractivity contribution < 1.29 is 87.3 Å². The van der Waals surface area contributed by atoms with E-state index in [1.165, 1.54) is 23.5 Å². The minimum atomic E-state index is -4.08. The number of sulfonamides is 1. The summed E-state index contributed by atoms with van der Waals surface area (Å²) in [4.78, 5) is 26.2. The maximum Gasteiger partial charge on any atom is 1.00 e. The van der Waals surface area contributed by atoms with Crippen molar-refractivity contribution in [1.29, 1.82) is 0 Å². The Kier molecular flexibility index (Phi) is 8.66. The fourth-order valence-electron chi connectivity index (χ4n) is 2.32. The molecule has 0 spiro atoms. The number of aromatic nitrogens is 1. The molecule has 3 aromatic rings. The van der Waals surface area contributed by atoms with Crippen molar-refractivity contribution in [2.45, 2.75) is 11.8 Å². The van der Waals surface area contributed by atoms with Crippen LogP contribution in [0.5, 0.6) is 0 Å². The van der Waals surface area contributed by atoms with Gasteiger partial charge < -0.3 is 19.8 Å². The van der Waals surface area contributed by atoms with Crippen LogP contribution in [0.15, 0.2) is 41.3 Å². The van der Waals surface area contributed by atoms with Crippen molar-refractivity contribution >= 4 is 49.2 Å². The van der Waals surface area contributed by atoms with Crippen molar-refractivity contribution in [3.8, 4) is 0 Å². The zero-order valence-corrected chi connectivity index (χ0v) is 20.8. The molecule has 28 heavy (non-hydrogen) atoms. The summed E-state index contributed by atoms with van der Waals surface area (Å²) in [5, 5.41) is 22.8. The number of carboxylic acids is 2. The maximum atomic E-state index is 12.6. The van der Waals surface area contributed by atoms with E-state index in [1.54, 1.807) is 13.0 Å². The van der Waals surface area contributed by atoms with Gasteiger partial charge in [-0.05, 0) is 54.4 Å². The Morgan fingerprint density at radius 1 is 1.00 bits per heavy atom. The zero-order valence-electron chi connectivity index (χ0n) is 15.2. The molecule has 0 bridgehead atoms. The normalized spacial score (nSPS) is 10.6. The van der Waals surface area contributed by atoms with Crippen molar-refractivity contribution in [3.05, 3.63) is 52.5 Å². The molecule has 0 amide bonds. The molecule has 2 aromatic carbocycles. The average Bonchev–Trinajstić information content (AvgIpc) is 2.93. The molecule has 1 heterocycles. The van der Waals surface area contributed by atoms with Crippen LogP contribution in [-0.4, -0.2) is 25.3 Å². The van der Waals surface area contributed by atoms with E-state index in [9.17, 15) is 28.2 Å². The molecule has 3 rings (SSSR count). The van der Waals surface area contributed by atoms with Gasteiger partial charge in [0, 0.05) is 0 Å². The number of carboxylic acid groups (broad SMARTS) is 2. The number of rotatable bonds is 5. The fourth-order valence-corrected chi connectivity index (χ4v) is 4.33. The number of benzene rings is 2. The molecule has 1 aromatic heterocycles. The summed E-state index contributed by atoms with van der Waals surface area (Å²) in [5.74, 6) is -3.29. The summed E-state index contributed by atoms with van der Waals surface area (Å²) in [5.41, 5.74) is -0.549. The molecule has 0 aliphatic carbocycles. The summed E-state index contributed by atoms with van der Waals surface area (Å²) < 4.78 is 28.0. The maximum absolute atomic E-state index is 12.6. The number of aryl methyl sites for hydroxylation is 1. The minimum absolute atomic E-state index is 0. The van der Waals surface area contributed by atoms with E-state index in [4.69, 9.17) is 0 Å². The predicted molar refractivity (Wildman–Crippen MR) is 90.3 cm³/mol. The number of carbonyl (C=O) groups is 2. The first-order valence-electron chi connectivity index (χ1n) is 7.13. The van der Waals surface area contributed by atoms with Gasteiger partial charge in [0.2, 0.25) is 0 Å². The van der Waals surface area contributed by atoms with Gasteiger partial charge in [-0.25, -0.2) is 13.4 Å². The minimum Gasteiger partial charge on any atom is -0.545 e. The summed E-state index contributed by atoms with van der Waals surface area (Å²) in [6, 6.07) is 7.10. The first kappa shape index (κ1) is 25.1. The van der Waals surface area contributed by atoms with Crippen LogP contribution in [0.4, 0.5) is 5.69 Å². The Labute approximate surface area is 208 Å². The number of anilines is 1. The van der Waals surface area contributed by atoms with Gasteiger partial charge >= 0.3 is 59.1 Å². The number of nitrogens with one attached hydrogen (secondary N) is 1. The number of nitrogens with zero attached hydrogens (tertiary/aromatic N) is 1. The van der Waals surface area contributed by atoms with Gasteiger partial charge in [-0.3, -0.25) is 4.72 Å². The number of fused-ring (bicyclic) bond motifs is 1. The average molecular weight is 436 g/mol. The first-order valence-corrected chi connectivity index (χ1v) is 9.43. The molecule has 8 nitrogen and oxygen atoms in total. The van der Waals surface area contributed by atoms with Crippen molar-refractivity contribution in [2.75, 3.05) is 4.72 Å². The Bertz CT molecular complexity index is 1130. The molecular formula is C16H10N2Na2O6S2. The molecular weight excluding hydrogens is 426 g/mol. The van der Waals surface area contributed by atoms with E-state index in [0.717, 1.165) is 23.2 Å². The Balaban J connectivity index is 0.00000196. The van der Waals surface area contributed by atoms with Crippen molar-refractivity contribution in [1.82, 2.24) is 4.98 Å². The molecule has 134 valence electrons. The van der Waals surface area contributed by atoms with Gasteiger partial charge in [-0.15, -0.1) is 11.3 Å². The third-order valence-corrected chi connectivity index (χ3v) is 5.75. The number of hydrogen-bond donors (Lipinski definition) is 1. The van der Waals surface area contributed by atoms with E-state index >= 15 is 0 Å². The molecule has 0 atom stereocenters. The van der Waals surface area contributed by atoms with Gasteiger partial charge in [0.05, 0.1) is 37.7 Å². The second kappa shape index (κ2) is 9.68. The van der Waals surface area contributed by atoms with Gasteiger partial charge in [-0.2, -0.15) is 0 Å². The van der Waals surface area contributed by atoms with Crippen molar-refractivity contribution in [3.63, 3.8) is 0 Å². The topological polar surface area (TPSA) is 139 Å². The largest absolute Gasteiger partial charge is 1.00 e. The molecule has 0 aliphatic rings. The van der Waals surface area contributed by atoms with Gasteiger partial charge in [0.15, 0.2) is 0 Å². The van der Waals surface area contributed by atoms with Crippen LogP contribution in [0.25, 0.3) is 10.2 Å². The van der Waals surface area contributed by atoms with E-state index in [1.807, 2.05) is 0 Å². The first-order chi connectivity index (χ1) is 12.2. The SMILES string of the molecule is Cc1nc2ccc(S(=O)(=O)Nc3cc(C(=O)[O-])cc(C(=O)[O-])c3)cc2s1.[Na+].[Na+]. The Morgan fingerprint density at radius 2 is 1.57 bits per heavy atom. The van der Waals surface area contributed by atoms with E-state index < -0.39 is 33.1 Å². The molecule has 1 N–H and O–H groups in total. The van der Waals surface area contributed by atoms with Crippen LogP contribution in [-0.2, 0) is 10.0 Å². The quantitative estimate of drug-likeness (QED) is 0.393. The van der Waals surface area contributed by atoms with Crippen LogP contribution in [0.1, 0.15) is 25.7 Å². The zero-order chi connectivity index (χ0) is 19.1. The molecule has 0 saturated carbocycles. The number of hydrogen-bond acceptors (Lipinski definition) is 8. The fraction of sp³-hybridized carbons (Fsp3) is 0.0625. The van der Waals surface area contributed by atoms with Gasteiger partial charge in [0.1, 0.15) is 0 Å². The summed E-state index contributed by atoms with van der Waals surface area (Å²) in [6.07, 6.45) is 0. The van der Waals surface area contributed by atoms with Crippen LogP contribution < -0.4 is 74.0 Å². The van der Waals surface area contributed by atoms with E-state index in [2.05, 4.69) is 9.71 Å². The van der Waals surface area contributed by atoms with Crippen LogP contribution in [0.2, 0.25) is 0 Å². The molecule has 0 saturated heterocycles. The number of aromatic carboxylic acids is 2. The second-order valence-electron chi connectivity index (χ2n) is 5.34. The monoisotopic (exact) mass is 436 g/mol. The van der Waals surface area contributed by atoms with Crippen LogP contribution in [0, 0.1) is 6.92 Å². The number of thiazole rings is 1. The Morgan fingerprint density at radius 3 is 2.11 bits per heavy atom. The smallest absolute Gasteiger partial charge is 0.545 e. The molecule has 0 aliphatic heterocycles. The van der Waals surface area contributed by atoms with Gasteiger partial charge in [0.25, 0.3) is 10.0 Å². The van der Waals surface area contributed by atoms with E-state index in [-0.39, 0.29) is 69.7 Å². The third kappa shape index (κ3) is 5.55. The van der Waals surface area contributed by atoms with Crippen molar-refractivity contribution in [2.24, 2.45) is 0 Å². The molecule has 12 heteroatoms. The van der Waals surface area contributed by atoms with E-state index in [0.29, 0.717) is 10.2 Å². The van der Waals surface area contributed by atoms with Crippen LogP contribution >= 0.6 is 11.3 Å². The molecule has 0 radical (unpaired) electrons. The standard InChI is InChI=1S/C16H12N2O6S2.2Na/c1-8-17-13-3-2-12(7-14(13)25-8)26(23,24)18-11-5-9(15(19)20)4-10(6-11)16(21)22;;/h2-7,18H,1H3,(H,19,20)(H,21,22);;/q;2*+1/p-2. The summed E-state index contributed by atoms with van der Waals surface area (Å²) in [7, 11) is -4.08. The van der Waals surface area contributed by atoms with Crippen LogP contribution in [0.3, 0.4) is 0 Å². The Hall–Kier alpha value is -0.980. The second-order valence-corrected chi connectivity index (χ2v) is 8.26. The molecule has 0 fully saturated rings. The summed E-state index contributed by atoms with van der Waals surface area (Å²) >= 11 is 1.33. The molecule has 0 unspecified atom stereocenters.